The normalized spacial score (nSPS) is 19.1. The van der Waals surface area contributed by atoms with Crippen LogP contribution in [0, 0.1) is 0 Å². The van der Waals surface area contributed by atoms with E-state index in [0.29, 0.717) is 19.4 Å². The number of aliphatic hydroxyl groups is 1. The molecule has 0 spiro atoms. The fraction of sp³-hybridized carbons (Fsp3) is 0.533. The third-order valence-corrected chi connectivity index (χ3v) is 3.49. The van der Waals surface area contributed by atoms with Gasteiger partial charge >= 0.3 is 5.97 Å². The quantitative estimate of drug-likeness (QED) is 0.841. The lowest BCUT2D eigenvalue weighted by molar-refractivity contribution is -0.150. The summed E-state index contributed by atoms with van der Waals surface area (Å²) in [6.07, 6.45) is 1.18. The van der Waals surface area contributed by atoms with Crippen LogP contribution in [0.25, 0.3) is 0 Å². The minimum Gasteiger partial charge on any atom is -0.465 e. The summed E-state index contributed by atoms with van der Waals surface area (Å²) in [7, 11) is 0. The molecule has 1 saturated heterocycles. The second kappa shape index (κ2) is 6.68. The zero-order valence-electron chi connectivity index (χ0n) is 11.3. The van der Waals surface area contributed by atoms with E-state index in [2.05, 4.69) is 4.90 Å². The molecule has 1 aliphatic heterocycles. The monoisotopic (exact) mass is 263 g/mol. The summed E-state index contributed by atoms with van der Waals surface area (Å²) in [6, 6.07) is 9.35. The van der Waals surface area contributed by atoms with Crippen molar-refractivity contribution in [3.05, 3.63) is 35.9 Å². The van der Waals surface area contributed by atoms with Crippen LogP contribution >= 0.6 is 0 Å². The predicted octanol–water partition coefficient (Wildman–Crippen LogP) is 1.75. The van der Waals surface area contributed by atoms with Crippen LogP contribution in [-0.4, -0.2) is 41.8 Å². The standard InChI is InChI=1S/C15H21NO3/c1-2-19-15(18)14(12-6-4-3-5-7-12)16-10-8-13(17)9-11-16/h3-7,13-14,17H,2,8-11H2,1H3. The van der Waals surface area contributed by atoms with Gasteiger partial charge in [0.1, 0.15) is 6.04 Å². The Morgan fingerprint density at radius 2 is 2.00 bits per heavy atom. The highest BCUT2D eigenvalue weighted by Gasteiger charge is 2.31. The molecule has 1 heterocycles. The van der Waals surface area contributed by atoms with Crippen molar-refractivity contribution in [2.75, 3.05) is 19.7 Å². The molecule has 0 radical (unpaired) electrons. The van der Waals surface area contributed by atoms with Crippen molar-refractivity contribution < 1.29 is 14.6 Å². The average molecular weight is 263 g/mol. The predicted molar refractivity (Wildman–Crippen MR) is 72.6 cm³/mol. The van der Waals surface area contributed by atoms with Gasteiger partial charge in [0.15, 0.2) is 0 Å². The number of hydrogen-bond acceptors (Lipinski definition) is 4. The summed E-state index contributed by atoms with van der Waals surface area (Å²) in [5.74, 6) is -0.204. The third kappa shape index (κ3) is 3.55. The number of benzene rings is 1. The van der Waals surface area contributed by atoms with Gasteiger partial charge in [-0.15, -0.1) is 0 Å². The maximum atomic E-state index is 12.2. The van der Waals surface area contributed by atoms with Gasteiger partial charge in [-0.2, -0.15) is 0 Å². The fourth-order valence-corrected chi connectivity index (χ4v) is 2.50. The number of rotatable bonds is 4. The molecular weight excluding hydrogens is 242 g/mol. The first-order valence-corrected chi connectivity index (χ1v) is 6.86. The van der Waals surface area contributed by atoms with Gasteiger partial charge in [0.05, 0.1) is 12.7 Å². The van der Waals surface area contributed by atoms with Crippen molar-refractivity contribution >= 4 is 5.97 Å². The van der Waals surface area contributed by atoms with E-state index in [1.165, 1.54) is 0 Å². The molecule has 0 aliphatic carbocycles. The number of carbonyl (C=O) groups excluding carboxylic acids is 1. The molecule has 1 aromatic rings. The van der Waals surface area contributed by atoms with Crippen molar-refractivity contribution in [1.29, 1.82) is 0 Å². The molecule has 2 rings (SSSR count). The molecule has 104 valence electrons. The zero-order valence-corrected chi connectivity index (χ0v) is 11.3. The van der Waals surface area contributed by atoms with Gasteiger partial charge in [0.2, 0.25) is 0 Å². The molecule has 1 atom stereocenters. The summed E-state index contributed by atoms with van der Waals surface area (Å²) >= 11 is 0. The van der Waals surface area contributed by atoms with Crippen LogP contribution in [0.4, 0.5) is 0 Å². The molecule has 0 amide bonds. The topological polar surface area (TPSA) is 49.8 Å². The van der Waals surface area contributed by atoms with Crippen molar-refractivity contribution in [3.63, 3.8) is 0 Å². The van der Waals surface area contributed by atoms with E-state index in [9.17, 15) is 9.90 Å². The van der Waals surface area contributed by atoms with Gasteiger partial charge in [-0.1, -0.05) is 30.3 Å². The van der Waals surface area contributed by atoms with Gasteiger partial charge in [-0.05, 0) is 25.3 Å². The number of esters is 1. The fourth-order valence-electron chi connectivity index (χ4n) is 2.50. The van der Waals surface area contributed by atoms with Crippen molar-refractivity contribution in [3.8, 4) is 0 Å². The highest BCUT2D eigenvalue weighted by atomic mass is 16.5. The number of carbonyl (C=O) groups is 1. The van der Waals surface area contributed by atoms with Crippen LogP contribution in [0.15, 0.2) is 30.3 Å². The zero-order chi connectivity index (χ0) is 13.7. The molecule has 0 saturated carbocycles. The minimum absolute atomic E-state index is 0.204. The Labute approximate surface area is 114 Å². The van der Waals surface area contributed by atoms with Crippen LogP contribution in [0.1, 0.15) is 31.4 Å². The second-order valence-electron chi connectivity index (χ2n) is 4.83. The Hall–Kier alpha value is -1.39. The number of piperidine rings is 1. The van der Waals surface area contributed by atoms with Crippen molar-refractivity contribution in [2.45, 2.75) is 31.9 Å². The van der Waals surface area contributed by atoms with E-state index < -0.39 is 0 Å². The average Bonchev–Trinajstić information content (AvgIpc) is 2.43. The Balaban J connectivity index is 2.17. The number of ether oxygens (including phenoxy) is 1. The summed E-state index contributed by atoms with van der Waals surface area (Å²) in [5.41, 5.74) is 0.956. The number of likely N-dealkylation sites (tertiary alicyclic amines) is 1. The van der Waals surface area contributed by atoms with Gasteiger partial charge in [-0.25, -0.2) is 4.79 Å². The van der Waals surface area contributed by atoms with Gasteiger partial charge in [0, 0.05) is 13.1 Å². The van der Waals surface area contributed by atoms with Crippen LogP contribution in [0.2, 0.25) is 0 Å². The molecule has 1 fully saturated rings. The Kier molecular flexibility index (Phi) is 4.93. The highest BCUT2D eigenvalue weighted by molar-refractivity contribution is 5.77. The second-order valence-corrected chi connectivity index (χ2v) is 4.83. The molecule has 1 aromatic carbocycles. The van der Waals surface area contributed by atoms with E-state index in [4.69, 9.17) is 4.74 Å². The van der Waals surface area contributed by atoms with E-state index >= 15 is 0 Å². The first-order chi connectivity index (χ1) is 9.22. The summed E-state index contributed by atoms with van der Waals surface area (Å²) in [5, 5.41) is 9.58. The molecule has 1 aliphatic rings. The van der Waals surface area contributed by atoms with Crippen molar-refractivity contribution in [1.82, 2.24) is 4.90 Å². The first-order valence-electron chi connectivity index (χ1n) is 6.86. The largest absolute Gasteiger partial charge is 0.465 e. The first kappa shape index (κ1) is 14.0. The lowest BCUT2D eigenvalue weighted by atomic mass is 10.0. The third-order valence-electron chi connectivity index (χ3n) is 3.49. The highest BCUT2D eigenvalue weighted by Crippen LogP contribution is 2.26. The SMILES string of the molecule is CCOC(=O)C(c1ccccc1)N1CCC(O)CC1. The van der Waals surface area contributed by atoms with Crippen LogP contribution in [-0.2, 0) is 9.53 Å². The number of hydrogen-bond donors (Lipinski definition) is 1. The van der Waals surface area contributed by atoms with E-state index in [1.807, 2.05) is 37.3 Å². The van der Waals surface area contributed by atoms with E-state index in [-0.39, 0.29) is 18.1 Å². The summed E-state index contributed by atoms with van der Waals surface area (Å²) in [6.45, 7) is 3.65. The maximum absolute atomic E-state index is 12.2. The molecule has 4 nitrogen and oxygen atoms in total. The number of aliphatic hydroxyl groups excluding tert-OH is 1. The maximum Gasteiger partial charge on any atom is 0.327 e. The summed E-state index contributed by atoms with van der Waals surface area (Å²) < 4.78 is 5.20. The molecule has 1 unspecified atom stereocenters. The smallest absolute Gasteiger partial charge is 0.327 e. The van der Waals surface area contributed by atoms with Crippen LogP contribution in [0.5, 0.6) is 0 Å². The Morgan fingerprint density at radius 1 is 1.37 bits per heavy atom. The van der Waals surface area contributed by atoms with Crippen molar-refractivity contribution in [2.24, 2.45) is 0 Å². The molecule has 0 aromatic heterocycles. The minimum atomic E-state index is -0.353. The van der Waals surface area contributed by atoms with Crippen LogP contribution < -0.4 is 0 Å². The molecule has 0 bridgehead atoms. The van der Waals surface area contributed by atoms with Gasteiger partial charge in [-0.3, -0.25) is 4.90 Å². The lowest BCUT2D eigenvalue weighted by Gasteiger charge is -2.35. The molecule has 1 N–H and O–H groups in total. The molecule has 19 heavy (non-hydrogen) atoms. The van der Waals surface area contributed by atoms with Crippen LogP contribution in [0.3, 0.4) is 0 Å². The molecule has 4 heteroatoms. The summed E-state index contributed by atoms with van der Waals surface area (Å²) in [4.78, 5) is 14.3. The molecular formula is C15H21NO3. The van der Waals surface area contributed by atoms with E-state index in [0.717, 1.165) is 18.7 Å². The number of nitrogens with zero attached hydrogens (tertiary/aromatic N) is 1. The van der Waals surface area contributed by atoms with Gasteiger partial charge in [0.25, 0.3) is 0 Å². The lowest BCUT2D eigenvalue weighted by Crippen LogP contribution is -2.42. The van der Waals surface area contributed by atoms with Gasteiger partial charge < -0.3 is 9.84 Å². The van der Waals surface area contributed by atoms with E-state index in [1.54, 1.807) is 0 Å². The Morgan fingerprint density at radius 3 is 2.58 bits per heavy atom. The Bertz CT molecular complexity index is 399.